The minimum absolute atomic E-state index is 0.555. The lowest BCUT2D eigenvalue weighted by Gasteiger charge is -2.11. The van der Waals surface area contributed by atoms with Crippen molar-refractivity contribution in [1.29, 1.82) is 0 Å². The molecule has 0 atom stereocenters. The van der Waals surface area contributed by atoms with E-state index < -0.39 is 0 Å². The number of hydrogen-bond acceptors (Lipinski definition) is 5. The van der Waals surface area contributed by atoms with Crippen molar-refractivity contribution in [2.24, 2.45) is 0 Å². The van der Waals surface area contributed by atoms with Gasteiger partial charge in [-0.2, -0.15) is 0 Å². The Morgan fingerprint density at radius 1 is 0.529 bits per heavy atom. The highest BCUT2D eigenvalue weighted by Crippen LogP contribution is 2.19. The van der Waals surface area contributed by atoms with Crippen LogP contribution in [0.3, 0.4) is 0 Å². The van der Waals surface area contributed by atoms with E-state index in [4.69, 9.17) is 14.2 Å². The van der Waals surface area contributed by atoms with Crippen LogP contribution in [-0.4, -0.2) is 13.2 Å². The first-order valence-electron chi connectivity index (χ1n) is 11.5. The van der Waals surface area contributed by atoms with E-state index >= 15 is 0 Å². The molecule has 0 bridgehead atoms. The molecule has 4 aromatic carbocycles. The number of anilines is 1. The van der Waals surface area contributed by atoms with E-state index in [9.17, 15) is 0 Å². The SMILES string of the molecule is c1ccc(COc2ccc(OCCCOc3cccc(CNNc4ccccc4)c3)cc2)cc1. The second-order valence-corrected chi connectivity index (χ2v) is 7.79. The number of para-hydroxylation sites is 1. The molecule has 0 heterocycles. The smallest absolute Gasteiger partial charge is 0.120 e. The summed E-state index contributed by atoms with van der Waals surface area (Å²) in [5, 5.41) is 0. The molecular formula is C29H30N2O3. The lowest BCUT2D eigenvalue weighted by Crippen LogP contribution is -2.20. The lowest BCUT2D eigenvalue weighted by molar-refractivity contribution is 0.247. The summed E-state index contributed by atoms with van der Waals surface area (Å²) in [5.41, 5.74) is 9.74. The first-order valence-corrected chi connectivity index (χ1v) is 11.5. The fourth-order valence-electron chi connectivity index (χ4n) is 3.33. The quantitative estimate of drug-likeness (QED) is 0.185. The first kappa shape index (κ1) is 23.2. The van der Waals surface area contributed by atoms with Gasteiger partial charge in [-0.1, -0.05) is 60.7 Å². The normalized spacial score (nSPS) is 10.5. The van der Waals surface area contributed by atoms with Crippen molar-refractivity contribution in [2.75, 3.05) is 18.6 Å². The molecule has 0 aromatic heterocycles. The molecular weight excluding hydrogens is 424 g/mol. The topological polar surface area (TPSA) is 51.8 Å². The molecule has 0 saturated carbocycles. The zero-order valence-corrected chi connectivity index (χ0v) is 19.2. The summed E-state index contributed by atoms with van der Waals surface area (Å²) < 4.78 is 17.5. The number of nitrogens with one attached hydrogen (secondary N) is 2. The standard InChI is InChI=1S/C29H30N2O3/c1-3-9-24(10-4-1)23-34-28-17-15-27(16-18-28)32-19-8-20-33-29-14-7-11-25(21-29)22-30-31-26-12-5-2-6-13-26/h1-7,9-18,21,30-31H,8,19-20,22-23H2. The molecule has 0 saturated heterocycles. The molecule has 0 spiro atoms. The highest BCUT2D eigenvalue weighted by Gasteiger charge is 2.00. The summed E-state index contributed by atoms with van der Waals surface area (Å²) in [7, 11) is 0. The first-order chi connectivity index (χ1) is 16.8. The third-order valence-corrected chi connectivity index (χ3v) is 5.10. The van der Waals surface area contributed by atoms with E-state index in [2.05, 4.69) is 35.1 Å². The zero-order chi connectivity index (χ0) is 23.3. The Morgan fingerprint density at radius 3 is 1.88 bits per heavy atom. The molecule has 0 aliphatic heterocycles. The minimum Gasteiger partial charge on any atom is -0.493 e. The van der Waals surface area contributed by atoms with Crippen LogP contribution in [-0.2, 0) is 13.2 Å². The van der Waals surface area contributed by atoms with E-state index in [-0.39, 0.29) is 0 Å². The van der Waals surface area contributed by atoms with Crippen LogP contribution < -0.4 is 25.1 Å². The summed E-state index contributed by atoms with van der Waals surface area (Å²) in [6, 6.07) is 36.0. The van der Waals surface area contributed by atoms with Gasteiger partial charge in [-0.15, -0.1) is 0 Å². The summed E-state index contributed by atoms with van der Waals surface area (Å²) in [6.45, 7) is 2.43. The van der Waals surface area contributed by atoms with Crippen molar-refractivity contribution in [3.63, 3.8) is 0 Å². The van der Waals surface area contributed by atoms with Gasteiger partial charge in [0.05, 0.1) is 13.2 Å². The Balaban J connectivity index is 1.11. The van der Waals surface area contributed by atoms with Crippen LogP contribution in [0.1, 0.15) is 17.5 Å². The van der Waals surface area contributed by atoms with Crippen LogP contribution in [0, 0.1) is 0 Å². The van der Waals surface area contributed by atoms with E-state index in [1.807, 2.05) is 84.9 Å². The largest absolute Gasteiger partial charge is 0.493 e. The maximum atomic E-state index is 5.89. The van der Waals surface area contributed by atoms with E-state index in [1.54, 1.807) is 0 Å². The Kier molecular flexibility index (Phi) is 8.82. The van der Waals surface area contributed by atoms with Crippen LogP contribution in [0.25, 0.3) is 0 Å². The molecule has 5 heteroatoms. The van der Waals surface area contributed by atoms with Crippen LogP contribution in [0.15, 0.2) is 109 Å². The third-order valence-electron chi connectivity index (χ3n) is 5.10. The molecule has 34 heavy (non-hydrogen) atoms. The second kappa shape index (κ2) is 12.9. The number of ether oxygens (including phenoxy) is 3. The van der Waals surface area contributed by atoms with Gasteiger partial charge in [0.2, 0.25) is 0 Å². The molecule has 4 aromatic rings. The monoisotopic (exact) mass is 454 g/mol. The maximum absolute atomic E-state index is 5.89. The average Bonchev–Trinajstić information content (AvgIpc) is 2.89. The molecule has 0 fully saturated rings. The van der Waals surface area contributed by atoms with Crippen molar-refractivity contribution in [3.8, 4) is 17.2 Å². The number of benzene rings is 4. The molecule has 0 amide bonds. The van der Waals surface area contributed by atoms with Gasteiger partial charge in [-0.05, 0) is 59.7 Å². The van der Waals surface area contributed by atoms with Crippen LogP contribution in [0.4, 0.5) is 5.69 Å². The minimum atomic E-state index is 0.555. The van der Waals surface area contributed by atoms with Gasteiger partial charge < -0.3 is 19.6 Å². The summed E-state index contributed by atoms with van der Waals surface area (Å²) in [5.74, 6) is 2.51. The van der Waals surface area contributed by atoms with Gasteiger partial charge in [-0.25, -0.2) is 5.43 Å². The van der Waals surface area contributed by atoms with Crippen LogP contribution >= 0.6 is 0 Å². The van der Waals surface area contributed by atoms with Gasteiger partial charge in [-0.3, -0.25) is 0 Å². The molecule has 0 unspecified atom stereocenters. The molecule has 4 rings (SSSR count). The summed E-state index contributed by atoms with van der Waals surface area (Å²) >= 11 is 0. The number of hydrazine groups is 1. The van der Waals surface area contributed by atoms with Crippen molar-refractivity contribution < 1.29 is 14.2 Å². The van der Waals surface area contributed by atoms with E-state index in [0.29, 0.717) is 26.4 Å². The van der Waals surface area contributed by atoms with Crippen molar-refractivity contribution in [3.05, 3.63) is 120 Å². The highest BCUT2D eigenvalue weighted by atomic mass is 16.5. The molecule has 2 N–H and O–H groups in total. The summed E-state index contributed by atoms with van der Waals surface area (Å²) in [4.78, 5) is 0. The Labute approximate surface area is 201 Å². The van der Waals surface area contributed by atoms with Crippen LogP contribution in [0.2, 0.25) is 0 Å². The maximum Gasteiger partial charge on any atom is 0.120 e. The lowest BCUT2D eigenvalue weighted by atomic mass is 10.2. The number of hydrogen-bond donors (Lipinski definition) is 2. The third kappa shape index (κ3) is 7.87. The highest BCUT2D eigenvalue weighted by molar-refractivity contribution is 5.41. The Morgan fingerprint density at radius 2 is 1.15 bits per heavy atom. The zero-order valence-electron chi connectivity index (χ0n) is 19.2. The molecule has 0 aliphatic rings. The predicted molar refractivity (Wildman–Crippen MR) is 136 cm³/mol. The van der Waals surface area contributed by atoms with Gasteiger partial charge in [0.1, 0.15) is 23.9 Å². The Bertz CT molecular complexity index is 1100. The van der Waals surface area contributed by atoms with Crippen molar-refractivity contribution in [2.45, 2.75) is 19.6 Å². The molecule has 0 radical (unpaired) electrons. The molecule has 174 valence electrons. The Hall–Kier alpha value is -3.96. The fraction of sp³-hybridized carbons (Fsp3) is 0.172. The average molecular weight is 455 g/mol. The van der Waals surface area contributed by atoms with E-state index in [1.165, 1.54) is 0 Å². The van der Waals surface area contributed by atoms with Crippen molar-refractivity contribution in [1.82, 2.24) is 5.43 Å². The molecule has 5 nitrogen and oxygen atoms in total. The number of rotatable bonds is 13. The fourth-order valence-corrected chi connectivity index (χ4v) is 3.33. The second-order valence-electron chi connectivity index (χ2n) is 7.79. The summed E-state index contributed by atoms with van der Waals surface area (Å²) in [6.07, 6.45) is 0.796. The van der Waals surface area contributed by atoms with Gasteiger partial charge in [0, 0.05) is 18.7 Å². The van der Waals surface area contributed by atoms with Crippen molar-refractivity contribution >= 4 is 5.69 Å². The van der Waals surface area contributed by atoms with Gasteiger partial charge >= 0.3 is 0 Å². The van der Waals surface area contributed by atoms with Gasteiger partial charge in [0.15, 0.2) is 0 Å². The molecule has 0 aliphatic carbocycles. The van der Waals surface area contributed by atoms with E-state index in [0.717, 1.165) is 40.5 Å². The predicted octanol–water partition coefficient (Wildman–Crippen LogP) is 6.23. The van der Waals surface area contributed by atoms with Crippen LogP contribution in [0.5, 0.6) is 17.2 Å². The van der Waals surface area contributed by atoms with Gasteiger partial charge in [0.25, 0.3) is 0 Å².